The highest BCUT2D eigenvalue weighted by atomic mass is 16.5. The SMILES string of the molecule is CN=C(NCC(c1cccc(C)c1)N1CCOCC1)N1CCC2(CCOC2)C1. The molecule has 1 aromatic rings. The summed E-state index contributed by atoms with van der Waals surface area (Å²) >= 11 is 0. The number of nitrogens with zero attached hydrogens (tertiary/aromatic N) is 3. The molecule has 6 nitrogen and oxygen atoms in total. The molecule has 3 aliphatic rings. The summed E-state index contributed by atoms with van der Waals surface area (Å²) in [5.41, 5.74) is 3.02. The average molecular weight is 387 g/mol. The van der Waals surface area contributed by atoms with Crippen LogP contribution in [0.3, 0.4) is 0 Å². The Balaban J connectivity index is 1.44. The summed E-state index contributed by atoms with van der Waals surface area (Å²) in [5.74, 6) is 1.02. The minimum atomic E-state index is 0.326. The highest BCUT2D eigenvalue weighted by Gasteiger charge is 2.42. The average Bonchev–Trinajstić information content (AvgIpc) is 3.36. The zero-order valence-electron chi connectivity index (χ0n) is 17.3. The van der Waals surface area contributed by atoms with E-state index in [-0.39, 0.29) is 0 Å². The van der Waals surface area contributed by atoms with Gasteiger partial charge in [0.25, 0.3) is 0 Å². The van der Waals surface area contributed by atoms with Crippen LogP contribution in [0.5, 0.6) is 0 Å². The molecule has 0 aliphatic carbocycles. The molecule has 4 rings (SSSR count). The van der Waals surface area contributed by atoms with E-state index in [1.165, 1.54) is 24.0 Å². The number of hydrogen-bond acceptors (Lipinski definition) is 4. The van der Waals surface area contributed by atoms with Gasteiger partial charge in [0.1, 0.15) is 0 Å². The van der Waals surface area contributed by atoms with E-state index in [1.807, 2.05) is 7.05 Å². The molecule has 3 aliphatic heterocycles. The summed E-state index contributed by atoms with van der Waals surface area (Å²) in [6.45, 7) is 10.5. The van der Waals surface area contributed by atoms with Crippen molar-refractivity contribution in [2.75, 3.05) is 66.2 Å². The molecule has 6 heteroatoms. The Morgan fingerprint density at radius 3 is 2.75 bits per heavy atom. The fourth-order valence-corrected chi connectivity index (χ4v) is 4.83. The van der Waals surface area contributed by atoms with Crippen LogP contribution in [0.15, 0.2) is 29.3 Å². The molecule has 154 valence electrons. The molecule has 0 amide bonds. The number of benzene rings is 1. The van der Waals surface area contributed by atoms with Crippen molar-refractivity contribution in [1.82, 2.24) is 15.1 Å². The molecular weight excluding hydrogens is 352 g/mol. The van der Waals surface area contributed by atoms with Crippen molar-refractivity contribution in [3.8, 4) is 0 Å². The van der Waals surface area contributed by atoms with Gasteiger partial charge in [0.15, 0.2) is 5.96 Å². The highest BCUT2D eigenvalue weighted by molar-refractivity contribution is 5.80. The van der Waals surface area contributed by atoms with E-state index in [9.17, 15) is 0 Å². The number of guanidine groups is 1. The summed E-state index contributed by atoms with van der Waals surface area (Å²) in [7, 11) is 1.90. The molecule has 1 spiro atoms. The fourth-order valence-electron chi connectivity index (χ4n) is 4.83. The second-order valence-electron chi connectivity index (χ2n) is 8.48. The summed E-state index contributed by atoms with van der Waals surface area (Å²) < 4.78 is 11.3. The van der Waals surface area contributed by atoms with Crippen LogP contribution in [0.4, 0.5) is 0 Å². The van der Waals surface area contributed by atoms with Crippen molar-refractivity contribution in [1.29, 1.82) is 0 Å². The van der Waals surface area contributed by atoms with Crippen molar-refractivity contribution in [2.45, 2.75) is 25.8 Å². The zero-order valence-corrected chi connectivity index (χ0v) is 17.3. The number of nitrogens with one attached hydrogen (secondary N) is 1. The standard InChI is InChI=1S/C22H34N4O2/c1-18-4-3-5-19(14-18)20(25-9-12-27-13-10-25)15-24-21(23-2)26-8-6-22(16-26)7-11-28-17-22/h3-5,14,20H,6-13,15-17H2,1-2H3,(H,23,24). The molecule has 3 saturated heterocycles. The van der Waals surface area contributed by atoms with Crippen molar-refractivity contribution in [2.24, 2.45) is 10.4 Å². The van der Waals surface area contributed by atoms with Crippen LogP contribution < -0.4 is 5.32 Å². The predicted octanol–water partition coefficient (Wildman–Crippen LogP) is 2.06. The first-order valence-corrected chi connectivity index (χ1v) is 10.6. The maximum absolute atomic E-state index is 5.69. The number of aliphatic imine (C=N–C) groups is 1. The van der Waals surface area contributed by atoms with Crippen LogP contribution in [-0.2, 0) is 9.47 Å². The van der Waals surface area contributed by atoms with Crippen molar-refractivity contribution >= 4 is 5.96 Å². The molecular formula is C22H34N4O2. The molecule has 0 bridgehead atoms. The Bertz CT molecular complexity index is 681. The monoisotopic (exact) mass is 386 g/mol. The van der Waals surface area contributed by atoms with Gasteiger partial charge in [-0.25, -0.2) is 0 Å². The first-order chi connectivity index (χ1) is 13.7. The minimum Gasteiger partial charge on any atom is -0.381 e. The molecule has 1 aromatic carbocycles. The predicted molar refractivity (Wildman–Crippen MR) is 112 cm³/mol. The van der Waals surface area contributed by atoms with Gasteiger partial charge in [-0.05, 0) is 25.3 Å². The zero-order chi connectivity index (χ0) is 19.4. The van der Waals surface area contributed by atoms with E-state index in [2.05, 4.69) is 51.3 Å². The van der Waals surface area contributed by atoms with Gasteiger partial charge in [0.05, 0.1) is 25.9 Å². The largest absolute Gasteiger partial charge is 0.381 e. The van der Waals surface area contributed by atoms with Gasteiger partial charge < -0.3 is 19.7 Å². The second-order valence-corrected chi connectivity index (χ2v) is 8.48. The van der Waals surface area contributed by atoms with Crippen molar-refractivity contribution in [3.63, 3.8) is 0 Å². The Kier molecular flexibility index (Phi) is 6.19. The van der Waals surface area contributed by atoms with Gasteiger partial charge in [0.2, 0.25) is 0 Å². The smallest absolute Gasteiger partial charge is 0.193 e. The molecule has 3 heterocycles. The molecule has 1 N–H and O–H groups in total. The summed E-state index contributed by atoms with van der Waals surface area (Å²) in [6.07, 6.45) is 2.39. The third kappa shape index (κ3) is 4.34. The lowest BCUT2D eigenvalue weighted by molar-refractivity contribution is 0.0169. The van der Waals surface area contributed by atoms with Gasteiger partial charge in [-0.1, -0.05) is 29.8 Å². The Morgan fingerprint density at radius 1 is 1.18 bits per heavy atom. The van der Waals surface area contributed by atoms with Crippen LogP contribution in [0, 0.1) is 12.3 Å². The van der Waals surface area contributed by atoms with Gasteiger partial charge in [0, 0.05) is 51.8 Å². The number of morpholine rings is 1. The number of likely N-dealkylation sites (tertiary alicyclic amines) is 1. The summed E-state index contributed by atoms with van der Waals surface area (Å²) in [4.78, 5) is 9.55. The molecule has 0 aromatic heterocycles. The van der Waals surface area contributed by atoms with Gasteiger partial charge in [-0.2, -0.15) is 0 Å². The van der Waals surface area contributed by atoms with Gasteiger partial charge >= 0.3 is 0 Å². The summed E-state index contributed by atoms with van der Waals surface area (Å²) in [6, 6.07) is 9.22. The number of rotatable bonds is 4. The van der Waals surface area contributed by atoms with E-state index in [1.54, 1.807) is 0 Å². The van der Waals surface area contributed by atoms with E-state index in [0.717, 1.165) is 65.1 Å². The van der Waals surface area contributed by atoms with E-state index >= 15 is 0 Å². The van der Waals surface area contributed by atoms with E-state index in [0.29, 0.717) is 11.5 Å². The molecule has 3 fully saturated rings. The minimum absolute atomic E-state index is 0.326. The first-order valence-electron chi connectivity index (χ1n) is 10.6. The Morgan fingerprint density at radius 2 is 2.04 bits per heavy atom. The number of aryl methyl sites for hydroxylation is 1. The first kappa shape index (κ1) is 19.7. The van der Waals surface area contributed by atoms with Crippen molar-refractivity contribution in [3.05, 3.63) is 35.4 Å². The third-order valence-corrected chi connectivity index (χ3v) is 6.50. The lowest BCUT2D eigenvalue weighted by Crippen LogP contribution is -2.47. The molecule has 2 atom stereocenters. The van der Waals surface area contributed by atoms with Crippen LogP contribution >= 0.6 is 0 Å². The van der Waals surface area contributed by atoms with Gasteiger partial charge in [-0.3, -0.25) is 9.89 Å². The third-order valence-electron chi connectivity index (χ3n) is 6.50. The number of hydrogen-bond donors (Lipinski definition) is 1. The highest BCUT2D eigenvalue weighted by Crippen LogP contribution is 2.38. The van der Waals surface area contributed by atoms with Crippen LogP contribution in [0.1, 0.15) is 30.0 Å². The van der Waals surface area contributed by atoms with Crippen LogP contribution in [0.2, 0.25) is 0 Å². The van der Waals surface area contributed by atoms with Crippen LogP contribution in [-0.4, -0.2) is 82.0 Å². The lowest BCUT2D eigenvalue weighted by Gasteiger charge is -2.36. The number of ether oxygens (including phenoxy) is 2. The Labute approximate surface area is 168 Å². The maximum Gasteiger partial charge on any atom is 0.193 e. The second kappa shape index (κ2) is 8.80. The lowest BCUT2D eigenvalue weighted by atomic mass is 9.87. The van der Waals surface area contributed by atoms with Gasteiger partial charge in [-0.15, -0.1) is 0 Å². The quantitative estimate of drug-likeness (QED) is 0.634. The topological polar surface area (TPSA) is 49.3 Å². The fraction of sp³-hybridized carbons (Fsp3) is 0.682. The van der Waals surface area contributed by atoms with Crippen LogP contribution in [0.25, 0.3) is 0 Å². The molecule has 28 heavy (non-hydrogen) atoms. The molecule has 0 saturated carbocycles. The van der Waals surface area contributed by atoms with Crippen molar-refractivity contribution < 1.29 is 9.47 Å². The molecule has 2 unspecified atom stereocenters. The van der Waals surface area contributed by atoms with E-state index < -0.39 is 0 Å². The molecule has 0 radical (unpaired) electrons. The van der Waals surface area contributed by atoms with E-state index in [4.69, 9.17) is 9.47 Å². The maximum atomic E-state index is 5.69. The normalized spacial score (nSPS) is 27.5. The summed E-state index contributed by atoms with van der Waals surface area (Å²) in [5, 5.41) is 3.69. The Hall–Kier alpha value is -1.63.